The van der Waals surface area contributed by atoms with E-state index in [1.54, 1.807) is 65.2 Å². The zero-order chi connectivity index (χ0) is 23.2. The number of hydrogen-bond acceptors (Lipinski definition) is 6. The number of para-hydroxylation sites is 2. The lowest BCUT2D eigenvalue weighted by molar-refractivity contribution is -0.116. The predicted molar refractivity (Wildman–Crippen MR) is 127 cm³/mol. The molecule has 0 aromatic heterocycles. The van der Waals surface area contributed by atoms with E-state index in [0.717, 1.165) is 11.8 Å². The molecule has 0 aliphatic carbocycles. The smallest absolute Gasteiger partial charge is 0.414 e. The van der Waals surface area contributed by atoms with Crippen LogP contribution >= 0.6 is 11.8 Å². The van der Waals surface area contributed by atoms with Gasteiger partial charge in [0.2, 0.25) is 5.91 Å². The Morgan fingerprint density at radius 1 is 1.09 bits per heavy atom. The highest BCUT2D eigenvalue weighted by molar-refractivity contribution is 7.99. The third kappa shape index (κ3) is 5.54. The second-order valence-electron chi connectivity index (χ2n) is 7.62. The van der Waals surface area contributed by atoms with Gasteiger partial charge >= 0.3 is 6.09 Å². The van der Waals surface area contributed by atoms with Crippen LogP contribution in [-0.4, -0.2) is 61.3 Å². The van der Waals surface area contributed by atoms with Crippen molar-refractivity contribution in [3.05, 3.63) is 72.3 Å². The highest BCUT2D eigenvalue weighted by atomic mass is 32.2. The van der Waals surface area contributed by atoms with Crippen molar-refractivity contribution in [3.63, 3.8) is 0 Å². The van der Waals surface area contributed by atoms with Crippen LogP contribution in [-0.2, 0) is 9.53 Å². The van der Waals surface area contributed by atoms with Crippen molar-refractivity contribution in [3.8, 4) is 0 Å². The van der Waals surface area contributed by atoms with Crippen LogP contribution in [0.25, 0.3) is 0 Å². The van der Waals surface area contributed by atoms with E-state index in [1.807, 2.05) is 6.07 Å². The van der Waals surface area contributed by atoms with E-state index in [-0.39, 0.29) is 18.9 Å². The van der Waals surface area contributed by atoms with Crippen molar-refractivity contribution in [1.29, 1.82) is 0 Å². The molecule has 172 valence electrons. The monoisotopic (exact) mass is 469 g/mol. The first-order chi connectivity index (χ1) is 16.0. The van der Waals surface area contributed by atoms with Gasteiger partial charge in [-0.3, -0.25) is 14.5 Å². The highest BCUT2D eigenvalue weighted by Crippen LogP contribution is 2.35. The fourth-order valence-electron chi connectivity index (χ4n) is 3.73. The van der Waals surface area contributed by atoms with E-state index in [0.29, 0.717) is 29.2 Å². The van der Waals surface area contributed by atoms with Gasteiger partial charge in [0.25, 0.3) is 0 Å². The summed E-state index contributed by atoms with van der Waals surface area (Å²) in [6.45, 7) is 0.876. The Morgan fingerprint density at radius 3 is 2.58 bits per heavy atom. The molecule has 0 spiro atoms. The number of alkyl halides is 1. The van der Waals surface area contributed by atoms with Gasteiger partial charge in [-0.2, -0.15) is 11.8 Å². The lowest BCUT2D eigenvalue weighted by atomic mass is 10.1. The topological polar surface area (TPSA) is 79.0 Å². The number of ether oxygens (including phenoxy) is 1. The number of benzene rings is 2. The van der Waals surface area contributed by atoms with Gasteiger partial charge in [0.1, 0.15) is 6.10 Å². The van der Waals surface area contributed by atoms with Gasteiger partial charge in [0.05, 0.1) is 24.5 Å². The van der Waals surface area contributed by atoms with Crippen molar-refractivity contribution >= 4 is 40.9 Å². The molecule has 2 aliphatic heterocycles. The Labute approximate surface area is 195 Å². The number of halogens is 1. The Balaban J connectivity index is 1.35. The molecule has 2 fully saturated rings. The van der Waals surface area contributed by atoms with Gasteiger partial charge in [-0.1, -0.05) is 42.5 Å². The van der Waals surface area contributed by atoms with Crippen LogP contribution in [0, 0.1) is 0 Å². The van der Waals surface area contributed by atoms with E-state index in [4.69, 9.17) is 4.74 Å². The Hall–Kier alpha value is -3.33. The maximum atomic E-state index is 14.5. The summed E-state index contributed by atoms with van der Waals surface area (Å²) < 4.78 is 19.9. The van der Waals surface area contributed by atoms with Crippen LogP contribution in [0.3, 0.4) is 0 Å². The summed E-state index contributed by atoms with van der Waals surface area (Å²) in [5.41, 5.74) is 1.72. The van der Waals surface area contributed by atoms with Crippen molar-refractivity contribution in [2.24, 2.45) is 0 Å². The number of thioether (sulfide) groups is 1. The number of amides is 2. The minimum Gasteiger partial charge on any atom is -0.442 e. The van der Waals surface area contributed by atoms with Gasteiger partial charge in [-0.15, -0.1) is 0 Å². The number of nitrogens with zero attached hydrogens (tertiary/aromatic N) is 2. The van der Waals surface area contributed by atoms with E-state index in [1.165, 1.54) is 11.0 Å². The molecular weight excluding hydrogens is 445 g/mol. The Bertz CT molecular complexity index is 1050. The SMILES string of the molecule is O=C(C=CC(=O)c1ccccc1)NCC1CN(c2ccccc2N2CCSC[C@@H]2F)C(=O)O1. The van der Waals surface area contributed by atoms with E-state index in [2.05, 4.69) is 5.32 Å². The van der Waals surface area contributed by atoms with E-state index < -0.39 is 24.4 Å². The number of nitrogens with one attached hydrogen (secondary N) is 1. The first kappa shape index (κ1) is 22.8. The molecule has 9 heteroatoms. The Kier molecular flexibility index (Phi) is 7.29. The van der Waals surface area contributed by atoms with Crippen molar-refractivity contribution in [1.82, 2.24) is 5.32 Å². The number of anilines is 2. The molecule has 4 rings (SSSR count). The zero-order valence-corrected chi connectivity index (χ0v) is 18.7. The highest BCUT2D eigenvalue weighted by Gasteiger charge is 2.35. The van der Waals surface area contributed by atoms with Crippen molar-refractivity contribution < 1.29 is 23.5 Å². The summed E-state index contributed by atoms with van der Waals surface area (Å²) in [6, 6.07) is 15.8. The summed E-state index contributed by atoms with van der Waals surface area (Å²) in [5, 5.41) is 2.65. The summed E-state index contributed by atoms with van der Waals surface area (Å²) in [5.74, 6) is 0.463. The summed E-state index contributed by atoms with van der Waals surface area (Å²) in [4.78, 5) is 39.8. The molecule has 0 bridgehead atoms. The van der Waals surface area contributed by atoms with Crippen LogP contribution < -0.4 is 15.1 Å². The van der Waals surface area contributed by atoms with Crippen molar-refractivity contribution in [2.75, 3.05) is 40.9 Å². The molecule has 1 unspecified atom stereocenters. The molecule has 33 heavy (non-hydrogen) atoms. The van der Waals surface area contributed by atoms with Gasteiger partial charge in [0, 0.05) is 29.7 Å². The average Bonchev–Trinajstić information content (AvgIpc) is 3.22. The number of carbonyl (C=O) groups is 3. The van der Waals surface area contributed by atoms with E-state index in [9.17, 15) is 18.8 Å². The fraction of sp³-hybridized carbons (Fsp3) is 0.292. The van der Waals surface area contributed by atoms with Crippen LogP contribution in [0.5, 0.6) is 0 Å². The molecule has 2 aromatic carbocycles. The molecule has 2 aromatic rings. The minimum atomic E-state index is -1.12. The standard InChI is InChI=1S/C24H24FN3O4S/c25-22-16-33-13-12-27(22)19-8-4-5-9-20(19)28-15-18(32-24(28)31)14-26-23(30)11-10-21(29)17-6-2-1-3-7-17/h1-11,18,22H,12-16H2,(H,26,30)/t18?,22-/m1/s1. The summed E-state index contributed by atoms with van der Waals surface area (Å²) in [7, 11) is 0. The number of hydrogen-bond donors (Lipinski definition) is 1. The van der Waals surface area contributed by atoms with Crippen molar-refractivity contribution in [2.45, 2.75) is 12.4 Å². The third-order valence-electron chi connectivity index (χ3n) is 5.37. The van der Waals surface area contributed by atoms with Crippen LogP contribution in [0.2, 0.25) is 0 Å². The molecule has 7 nitrogen and oxygen atoms in total. The maximum absolute atomic E-state index is 14.5. The molecule has 2 aliphatic rings. The molecule has 1 N–H and O–H groups in total. The van der Waals surface area contributed by atoms with Crippen LogP contribution in [0.4, 0.5) is 20.6 Å². The van der Waals surface area contributed by atoms with Gasteiger partial charge < -0.3 is 15.0 Å². The minimum absolute atomic E-state index is 0.0964. The van der Waals surface area contributed by atoms with Gasteiger partial charge in [-0.25, -0.2) is 9.18 Å². The number of allylic oxidation sites excluding steroid dienone is 1. The summed E-state index contributed by atoms with van der Waals surface area (Å²) >= 11 is 1.57. The number of cyclic esters (lactones) is 1. The molecular formula is C24H24FN3O4S. The first-order valence-corrected chi connectivity index (χ1v) is 11.8. The van der Waals surface area contributed by atoms with Gasteiger partial charge in [-0.05, 0) is 18.2 Å². The predicted octanol–water partition coefficient (Wildman–Crippen LogP) is 3.42. The molecule has 2 amide bonds. The summed E-state index contributed by atoms with van der Waals surface area (Å²) in [6.07, 6.45) is 0.140. The molecule has 0 saturated carbocycles. The Morgan fingerprint density at radius 2 is 1.82 bits per heavy atom. The molecule has 2 heterocycles. The second kappa shape index (κ2) is 10.5. The lowest BCUT2D eigenvalue weighted by Crippen LogP contribution is -2.41. The zero-order valence-electron chi connectivity index (χ0n) is 17.9. The largest absolute Gasteiger partial charge is 0.442 e. The molecule has 0 radical (unpaired) electrons. The molecule has 2 saturated heterocycles. The quantitative estimate of drug-likeness (QED) is 0.380. The average molecular weight is 470 g/mol. The van der Waals surface area contributed by atoms with Gasteiger partial charge in [0.15, 0.2) is 12.1 Å². The molecule has 2 atom stereocenters. The van der Waals surface area contributed by atoms with E-state index >= 15 is 0 Å². The van der Waals surface area contributed by atoms with Crippen LogP contribution in [0.1, 0.15) is 10.4 Å². The lowest BCUT2D eigenvalue weighted by Gasteiger charge is -2.34. The normalized spacial score (nSPS) is 20.7. The number of rotatable bonds is 7. The number of ketones is 1. The fourth-order valence-corrected chi connectivity index (χ4v) is 4.60. The third-order valence-corrected chi connectivity index (χ3v) is 6.36. The second-order valence-corrected chi connectivity index (χ2v) is 8.77. The maximum Gasteiger partial charge on any atom is 0.414 e. The van der Waals surface area contributed by atoms with Crippen LogP contribution in [0.15, 0.2) is 66.7 Å². The first-order valence-electron chi connectivity index (χ1n) is 10.6. The number of carbonyl (C=O) groups excluding carboxylic acids is 3.